The summed E-state index contributed by atoms with van der Waals surface area (Å²) >= 11 is 5.56. The molecule has 1 heterocycles. The van der Waals surface area contributed by atoms with Crippen LogP contribution < -0.4 is 15.5 Å². The number of hydrogen-bond acceptors (Lipinski definition) is 2. The number of benzene rings is 2. The third-order valence-corrected chi connectivity index (χ3v) is 4.92. The summed E-state index contributed by atoms with van der Waals surface area (Å²) in [6, 6.07) is 18.4. The molecule has 5 heteroatoms. The summed E-state index contributed by atoms with van der Waals surface area (Å²) in [6.45, 7) is 5.21. The van der Waals surface area contributed by atoms with Crippen molar-refractivity contribution in [2.24, 2.45) is 5.92 Å². The van der Waals surface area contributed by atoms with E-state index in [0.29, 0.717) is 17.5 Å². The first-order valence-corrected chi connectivity index (χ1v) is 9.96. The van der Waals surface area contributed by atoms with Crippen molar-refractivity contribution >= 4 is 34.6 Å². The molecule has 1 atom stereocenters. The van der Waals surface area contributed by atoms with E-state index in [1.807, 2.05) is 35.2 Å². The van der Waals surface area contributed by atoms with Crippen molar-refractivity contribution in [1.82, 2.24) is 5.32 Å². The summed E-state index contributed by atoms with van der Waals surface area (Å²) in [5.74, 6) is 0.740. The van der Waals surface area contributed by atoms with Crippen molar-refractivity contribution in [3.63, 3.8) is 0 Å². The molecule has 1 aliphatic heterocycles. The van der Waals surface area contributed by atoms with Gasteiger partial charge < -0.3 is 15.5 Å². The molecule has 27 heavy (non-hydrogen) atoms. The number of amides is 1. The first-order chi connectivity index (χ1) is 13.0. The molecule has 0 radical (unpaired) electrons. The first-order valence-electron chi connectivity index (χ1n) is 9.56. The van der Waals surface area contributed by atoms with Crippen molar-refractivity contribution in [2.75, 3.05) is 16.8 Å². The minimum Gasteiger partial charge on any atom is -0.356 e. The van der Waals surface area contributed by atoms with E-state index in [4.69, 9.17) is 12.2 Å². The second kappa shape index (κ2) is 9.00. The van der Waals surface area contributed by atoms with E-state index in [1.54, 1.807) is 0 Å². The Morgan fingerprint density at radius 3 is 2.59 bits per heavy atom. The smallest absolute Gasteiger partial charge is 0.227 e. The quantitative estimate of drug-likeness (QED) is 0.700. The van der Waals surface area contributed by atoms with Gasteiger partial charge in [-0.25, -0.2) is 0 Å². The van der Waals surface area contributed by atoms with E-state index in [0.717, 1.165) is 30.8 Å². The van der Waals surface area contributed by atoms with Gasteiger partial charge in [-0.15, -0.1) is 0 Å². The molecule has 4 nitrogen and oxygen atoms in total. The van der Waals surface area contributed by atoms with Gasteiger partial charge >= 0.3 is 0 Å². The van der Waals surface area contributed by atoms with Crippen LogP contribution in [0.5, 0.6) is 0 Å². The zero-order valence-corrected chi connectivity index (χ0v) is 16.8. The fraction of sp³-hybridized carbons (Fsp3) is 0.364. The molecule has 1 fully saturated rings. The topological polar surface area (TPSA) is 44.4 Å². The van der Waals surface area contributed by atoms with Crippen LogP contribution in [0.3, 0.4) is 0 Å². The molecule has 0 spiro atoms. The lowest BCUT2D eigenvalue weighted by atomic mass is 9.97. The Labute approximate surface area is 167 Å². The number of carbonyl (C=O) groups excluding carboxylic acids is 1. The highest BCUT2D eigenvalue weighted by atomic mass is 32.1. The Morgan fingerprint density at radius 1 is 1.15 bits per heavy atom. The standard InChI is InChI=1S/C22H27N3OS/c1-16(2)14-20(17-8-4-3-5-9-17)24-22(27)23-18-10-6-11-19(15-18)25-13-7-12-21(25)26/h3-6,8-11,15-16,20H,7,12-14H2,1-2H3,(H2,23,24,27)/t20-/m1/s1. The maximum atomic E-state index is 12.0. The van der Waals surface area contributed by atoms with Crippen LogP contribution in [0.1, 0.15) is 44.7 Å². The van der Waals surface area contributed by atoms with Gasteiger partial charge in [0.1, 0.15) is 0 Å². The van der Waals surface area contributed by atoms with Crippen LogP contribution in [0.25, 0.3) is 0 Å². The summed E-state index contributed by atoms with van der Waals surface area (Å²) in [5, 5.41) is 7.32. The maximum absolute atomic E-state index is 12.0. The summed E-state index contributed by atoms with van der Waals surface area (Å²) in [7, 11) is 0. The molecule has 142 valence electrons. The van der Waals surface area contributed by atoms with Gasteiger partial charge in [0, 0.05) is 24.3 Å². The normalized spacial score (nSPS) is 15.1. The summed E-state index contributed by atoms with van der Waals surface area (Å²) in [4.78, 5) is 13.8. The Bertz CT molecular complexity index is 791. The van der Waals surface area contributed by atoms with Gasteiger partial charge in [-0.05, 0) is 54.7 Å². The summed E-state index contributed by atoms with van der Waals surface area (Å²) < 4.78 is 0. The fourth-order valence-electron chi connectivity index (χ4n) is 3.43. The number of nitrogens with zero attached hydrogens (tertiary/aromatic N) is 1. The average Bonchev–Trinajstić information content (AvgIpc) is 3.08. The maximum Gasteiger partial charge on any atom is 0.227 e. The van der Waals surface area contributed by atoms with E-state index >= 15 is 0 Å². The van der Waals surface area contributed by atoms with E-state index in [1.165, 1.54) is 5.56 Å². The number of carbonyl (C=O) groups is 1. The first kappa shape index (κ1) is 19.4. The largest absolute Gasteiger partial charge is 0.356 e. The number of nitrogens with one attached hydrogen (secondary N) is 2. The fourth-order valence-corrected chi connectivity index (χ4v) is 3.69. The van der Waals surface area contributed by atoms with Gasteiger partial charge in [-0.2, -0.15) is 0 Å². The zero-order chi connectivity index (χ0) is 19.2. The molecule has 0 saturated carbocycles. The van der Waals surface area contributed by atoms with Crippen molar-refractivity contribution < 1.29 is 4.79 Å². The van der Waals surface area contributed by atoms with Crippen LogP contribution in [0.4, 0.5) is 11.4 Å². The third kappa shape index (κ3) is 5.30. The van der Waals surface area contributed by atoms with Crippen LogP contribution in [-0.2, 0) is 4.79 Å². The molecule has 0 unspecified atom stereocenters. The Morgan fingerprint density at radius 2 is 1.93 bits per heavy atom. The van der Waals surface area contributed by atoms with Gasteiger partial charge in [-0.3, -0.25) is 4.79 Å². The highest BCUT2D eigenvalue weighted by Crippen LogP contribution is 2.25. The predicted molar refractivity (Wildman–Crippen MR) is 116 cm³/mol. The Balaban J connectivity index is 1.68. The van der Waals surface area contributed by atoms with E-state index in [-0.39, 0.29) is 11.9 Å². The van der Waals surface area contributed by atoms with Gasteiger partial charge in [-0.1, -0.05) is 50.2 Å². The average molecular weight is 382 g/mol. The molecule has 1 saturated heterocycles. The predicted octanol–water partition coefficient (Wildman–Crippen LogP) is 4.89. The number of hydrogen-bond donors (Lipinski definition) is 2. The molecule has 2 aromatic rings. The van der Waals surface area contributed by atoms with Gasteiger partial charge in [0.15, 0.2) is 5.11 Å². The SMILES string of the molecule is CC(C)C[C@@H](NC(=S)Nc1cccc(N2CCCC2=O)c1)c1ccccc1. The molecule has 1 amide bonds. The molecular weight excluding hydrogens is 354 g/mol. The monoisotopic (exact) mass is 381 g/mol. The number of rotatable bonds is 6. The van der Waals surface area contributed by atoms with Crippen LogP contribution >= 0.6 is 12.2 Å². The van der Waals surface area contributed by atoms with Crippen LogP contribution in [-0.4, -0.2) is 17.6 Å². The second-order valence-electron chi connectivity index (χ2n) is 7.39. The Kier molecular flexibility index (Phi) is 6.45. The van der Waals surface area contributed by atoms with Crippen LogP contribution in [0, 0.1) is 5.92 Å². The molecule has 2 N–H and O–H groups in total. The van der Waals surface area contributed by atoms with Crippen LogP contribution in [0.2, 0.25) is 0 Å². The lowest BCUT2D eigenvalue weighted by Gasteiger charge is -2.23. The minimum absolute atomic E-state index is 0.162. The van der Waals surface area contributed by atoms with Crippen molar-refractivity contribution in [2.45, 2.75) is 39.2 Å². The zero-order valence-electron chi connectivity index (χ0n) is 15.9. The lowest BCUT2D eigenvalue weighted by molar-refractivity contribution is -0.117. The van der Waals surface area contributed by atoms with Crippen molar-refractivity contribution in [3.05, 3.63) is 60.2 Å². The summed E-state index contributed by atoms with van der Waals surface area (Å²) in [6.07, 6.45) is 2.55. The third-order valence-electron chi connectivity index (χ3n) is 4.70. The highest BCUT2D eigenvalue weighted by Gasteiger charge is 2.22. The summed E-state index contributed by atoms with van der Waals surface area (Å²) in [5.41, 5.74) is 3.04. The molecule has 1 aliphatic rings. The van der Waals surface area contributed by atoms with Gasteiger partial charge in [0.2, 0.25) is 5.91 Å². The van der Waals surface area contributed by atoms with Crippen molar-refractivity contribution in [3.8, 4) is 0 Å². The second-order valence-corrected chi connectivity index (χ2v) is 7.80. The highest BCUT2D eigenvalue weighted by molar-refractivity contribution is 7.80. The molecule has 0 aromatic heterocycles. The van der Waals surface area contributed by atoms with E-state index in [2.05, 4.69) is 48.7 Å². The molecule has 0 aliphatic carbocycles. The minimum atomic E-state index is 0.162. The van der Waals surface area contributed by atoms with Crippen molar-refractivity contribution in [1.29, 1.82) is 0 Å². The molecular formula is C22H27N3OS. The molecule has 3 rings (SSSR count). The van der Waals surface area contributed by atoms with Gasteiger partial charge in [0.25, 0.3) is 0 Å². The molecule has 2 aromatic carbocycles. The number of thiocarbonyl (C=S) groups is 1. The van der Waals surface area contributed by atoms with Gasteiger partial charge in [0.05, 0.1) is 6.04 Å². The van der Waals surface area contributed by atoms with Crippen LogP contribution in [0.15, 0.2) is 54.6 Å². The number of anilines is 2. The lowest BCUT2D eigenvalue weighted by Crippen LogP contribution is -2.33. The molecule has 0 bridgehead atoms. The van der Waals surface area contributed by atoms with E-state index < -0.39 is 0 Å². The van der Waals surface area contributed by atoms with E-state index in [9.17, 15) is 4.79 Å². The Hall–Kier alpha value is -2.40.